The smallest absolute Gasteiger partial charge is 0.462 e. The van der Waals surface area contributed by atoms with Gasteiger partial charge in [0.05, 0.1) is 12.0 Å². The summed E-state index contributed by atoms with van der Waals surface area (Å²) in [6.45, 7) is 0. The van der Waals surface area contributed by atoms with Crippen LogP contribution in [0.15, 0.2) is 41.3 Å². The fourth-order valence-corrected chi connectivity index (χ4v) is 3.49. The van der Waals surface area contributed by atoms with Crippen molar-refractivity contribution in [1.29, 1.82) is 0 Å². The zero-order chi connectivity index (χ0) is 38.9. The molecule has 11 nitrogen and oxygen atoms in total. The molecule has 0 amide bonds. The van der Waals surface area contributed by atoms with Gasteiger partial charge in [-0.1, -0.05) is 0 Å². The summed E-state index contributed by atoms with van der Waals surface area (Å²) in [5.74, 6) is -27.2. The molecule has 0 saturated heterocycles. The summed E-state index contributed by atoms with van der Waals surface area (Å²) in [7, 11) is -2.22. The van der Waals surface area contributed by atoms with Gasteiger partial charge in [0.25, 0.3) is 10.0 Å². The van der Waals surface area contributed by atoms with Crippen molar-refractivity contribution in [2.75, 3.05) is 11.8 Å². The summed E-state index contributed by atoms with van der Waals surface area (Å²) in [6.07, 6.45) is -38.9. The Kier molecular flexibility index (Phi) is 12.1. The monoisotopic (exact) mass is 776 g/mol. The van der Waals surface area contributed by atoms with Gasteiger partial charge in [0, 0.05) is 18.2 Å². The van der Waals surface area contributed by atoms with Gasteiger partial charge >= 0.3 is 48.4 Å². The second-order valence-electron chi connectivity index (χ2n) is 8.49. The molecule has 49 heavy (non-hydrogen) atoms. The van der Waals surface area contributed by atoms with Gasteiger partial charge in [0.2, 0.25) is 5.88 Å². The topological polar surface area (TPSA) is 167 Å². The number of carboxylic acid groups (broad SMARTS) is 1. The number of nitrogens with one attached hydrogen (secondary N) is 1. The molecule has 2 unspecified atom stereocenters. The number of carbonyl (C=O) groups excluding carboxylic acids is 1. The van der Waals surface area contributed by atoms with E-state index in [0.29, 0.717) is 5.88 Å². The molecule has 0 spiro atoms. The van der Waals surface area contributed by atoms with Crippen molar-refractivity contribution in [2.24, 2.45) is 0 Å². The molecular weight excluding hydrogens is 763 g/mol. The van der Waals surface area contributed by atoms with Crippen LogP contribution in [0.25, 0.3) is 0 Å². The van der Waals surface area contributed by atoms with E-state index in [-0.39, 0.29) is 10.7 Å². The van der Waals surface area contributed by atoms with Gasteiger partial charge in [-0.2, -0.15) is 74.6 Å². The summed E-state index contributed by atoms with van der Waals surface area (Å²) in [5.41, 5.74) is 4.43. The van der Waals surface area contributed by atoms with Crippen LogP contribution in [0.3, 0.4) is 0 Å². The molecule has 4 N–H and O–H groups in total. The fourth-order valence-electron chi connectivity index (χ4n) is 2.49. The number of quaternary nitrogens is 1. The summed E-state index contributed by atoms with van der Waals surface area (Å²) >= 11 is 0. The fraction of sp³-hybridized carbons (Fsp3) is 0.450. The number of carboxylic acids is 1. The Balaban J connectivity index is 0.000000537. The van der Waals surface area contributed by atoms with Crippen molar-refractivity contribution in [3.63, 3.8) is 0 Å². The van der Waals surface area contributed by atoms with Crippen LogP contribution < -0.4 is 20.3 Å². The lowest BCUT2D eigenvalue weighted by atomic mass is 10.2. The van der Waals surface area contributed by atoms with Gasteiger partial charge in [-0.05, 0) is 18.2 Å². The first kappa shape index (κ1) is 43.0. The Labute approximate surface area is 258 Å². The van der Waals surface area contributed by atoms with E-state index < -0.39 is 64.4 Å². The standard InChI is InChI=1S/C11H12N4O3S.C9HF17O4/c1-18-11-7-6-10(13-14-11)15-19(16,17)9-4-2-8(12)3-5-9;10-2(1(27)28,5(14,15)16)29-9(25,26)4(13,7(20,21)22)30-8(23,24)3(11,12)6(17,18)19/h2-7H,12H2,1H3,(H,13,15);(H,27,28). The third kappa shape index (κ3) is 9.17. The molecule has 29 heteroatoms. The van der Waals surface area contributed by atoms with Crippen molar-refractivity contribution in [2.45, 2.75) is 53.3 Å². The van der Waals surface area contributed by atoms with E-state index in [2.05, 4.69) is 20.7 Å². The van der Waals surface area contributed by atoms with Crippen LogP contribution in [0.4, 0.5) is 86.1 Å². The van der Waals surface area contributed by atoms with Gasteiger partial charge in [-0.25, -0.2) is 8.42 Å². The van der Waals surface area contributed by atoms with Crippen molar-refractivity contribution in [3.05, 3.63) is 36.4 Å². The summed E-state index contributed by atoms with van der Waals surface area (Å²) < 4.78 is 247. The lowest BCUT2D eigenvalue weighted by Crippen LogP contribution is -2.69. The minimum absolute atomic E-state index is 0.125. The average Bonchev–Trinajstić information content (AvgIpc) is 2.91. The SMILES string of the molecule is COc1ccc(NS(=O)(=O)c2ccc([NH3+])cc2)nn1.O=C([O-])C(F)(OC(F)(F)C(F)(OC(F)(F)C(F)(F)C(F)(F)F)C(F)(F)F)C(F)(F)F. The lowest BCUT2D eigenvalue weighted by Gasteiger charge is -2.40. The Morgan fingerprint density at radius 3 is 1.55 bits per heavy atom. The summed E-state index contributed by atoms with van der Waals surface area (Å²) in [4.78, 5) is 10.1. The second kappa shape index (κ2) is 13.7. The zero-order valence-corrected chi connectivity index (χ0v) is 23.6. The van der Waals surface area contributed by atoms with Crippen LogP contribution in [-0.2, 0) is 24.3 Å². The Morgan fingerprint density at radius 1 is 0.714 bits per heavy atom. The number of sulfonamides is 1. The molecule has 280 valence electrons. The molecule has 0 bridgehead atoms. The first-order valence-corrected chi connectivity index (χ1v) is 12.8. The first-order chi connectivity index (χ1) is 21.6. The highest BCUT2D eigenvalue weighted by atomic mass is 32.2. The third-order valence-electron chi connectivity index (χ3n) is 4.95. The highest BCUT2D eigenvalue weighted by Gasteiger charge is 2.85. The number of nitrogens with zero attached hydrogens (tertiary/aromatic N) is 2. The predicted molar refractivity (Wildman–Crippen MR) is 116 cm³/mol. The third-order valence-corrected chi connectivity index (χ3v) is 6.32. The van der Waals surface area contributed by atoms with E-state index in [4.69, 9.17) is 4.74 Å². The molecular formula is C20H13F17N4O7S. The number of hydrogen-bond acceptors (Lipinski definition) is 9. The number of aliphatic carboxylic acids is 1. The minimum atomic E-state index is -8.11. The molecule has 1 heterocycles. The maximum absolute atomic E-state index is 13.5. The number of halogens is 17. The molecule has 2 rings (SSSR count). The average molecular weight is 776 g/mol. The number of carbonyl (C=O) groups is 1. The summed E-state index contributed by atoms with van der Waals surface area (Å²) in [5, 5.41) is 17.4. The number of rotatable bonds is 11. The van der Waals surface area contributed by atoms with E-state index in [1.54, 1.807) is 12.1 Å². The van der Waals surface area contributed by atoms with Crippen LogP contribution in [0, 0.1) is 0 Å². The molecule has 0 radical (unpaired) electrons. The van der Waals surface area contributed by atoms with Gasteiger partial charge < -0.3 is 20.4 Å². The predicted octanol–water partition coefficient (Wildman–Crippen LogP) is 3.77. The van der Waals surface area contributed by atoms with Gasteiger partial charge in [0.1, 0.15) is 11.7 Å². The first-order valence-electron chi connectivity index (χ1n) is 11.3. The number of aromatic nitrogens is 2. The number of anilines is 1. The quantitative estimate of drug-likeness (QED) is 0.323. The number of methoxy groups -OCH3 is 1. The number of benzene rings is 1. The molecule has 0 aliphatic carbocycles. The highest BCUT2D eigenvalue weighted by molar-refractivity contribution is 7.92. The number of hydrogen-bond donors (Lipinski definition) is 2. The van der Waals surface area contributed by atoms with Crippen molar-refractivity contribution in [1.82, 2.24) is 10.2 Å². The molecule has 2 atom stereocenters. The molecule has 1 aromatic heterocycles. The van der Waals surface area contributed by atoms with Gasteiger partial charge in [-0.3, -0.25) is 14.2 Å². The van der Waals surface area contributed by atoms with Crippen molar-refractivity contribution >= 4 is 27.5 Å². The zero-order valence-electron chi connectivity index (χ0n) is 22.8. The molecule has 0 fully saturated rings. The van der Waals surface area contributed by atoms with Crippen LogP contribution in [0.2, 0.25) is 0 Å². The van der Waals surface area contributed by atoms with Crippen LogP contribution in [0.1, 0.15) is 0 Å². The summed E-state index contributed by atoms with van der Waals surface area (Å²) in [6, 6.07) is 9.18. The molecule has 0 aliphatic rings. The number of ether oxygens (including phenoxy) is 3. The Hall–Kier alpha value is -3.99. The van der Waals surface area contributed by atoms with Gasteiger partial charge in [0.15, 0.2) is 5.82 Å². The minimum Gasteiger partial charge on any atom is -0.544 e. The van der Waals surface area contributed by atoms with E-state index in [0.717, 1.165) is 5.69 Å². The van der Waals surface area contributed by atoms with E-state index >= 15 is 0 Å². The van der Waals surface area contributed by atoms with Crippen molar-refractivity contribution in [3.8, 4) is 5.88 Å². The maximum atomic E-state index is 13.5. The molecule has 2 aromatic rings. The van der Waals surface area contributed by atoms with E-state index in [9.17, 15) is 93.0 Å². The van der Waals surface area contributed by atoms with Crippen LogP contribution >= 0.6 is 0 Å². The van der Waals surface area contributed by atoms with Crippen molar-refractivity contribution < 1.29 is 113 Å². The Morgan fingerprint density at radius 2 is 1.20 bits per heavy atom. The van der Waals surface area contributed by atoms with E-state index in [1.165, 1.54) is 40.8 Å². The number of alkyl halides is 17. The second-order valence-corrected chi connectivity index (χ2v) is 10.2. The van der Waals surface area contributed by atoms with E-state index in [1.807, 2.05) is 0 Å². The molecule has 1 aromatic carbocycles. The van der Waals surface area contributed by atoms with Crippen LogP contribution in [-0.4, -0.2) is 80.1 Å². The lowest BCUT2D eigenvalue weighted by molar-refractivity contribution is -0.551. The Bertz CT molecular complexity index is 1550. The highest BCUT2D eigenvalue weighted by Crippen LogP contribution is 2.56. The maximum Gasteiger partial charge on any atom is 0.462 e. The largest absolute Gasteiger partial charge is 0.544 e. The van der Waals surface area contributed by atoms with Crippen LogP contribution in [0.5, 0.6) is 5.88 Å². The normalized spacial score (nSPS) is 16.1. The van der Waals surface area contributed by atoms with Gasteiger partial charge in [-0.15, -0.1) is 10.2 Å². The molecule has 0 aliphatic heterocycles. The molecule has 0 saturated carbocycles.